The molecule has 7 heteroatoms. The van der Waals surface area contributed by atoms with Crippen LogP contribution in [0.5, 0.6) is 0 Å². The van der Waals surface area contributed by atoms with E-state index in [1.807, 2.05) is 6.92 Å². The largest absolute Gasteiger partial charge is 0.387 e. The number of hydrogen-bond acceptors (Lipinski definition) is 6. The summed E-state index contributed by atoms with van der Waals surface area (Å²) in [5, 5.41) is 14.9. The van der Waals surface area contributed by atoms with Crippen molar-refractivity contribution in [2.24, 2.45) is 0 Å². The molecule has 0 spiro atoms. The number of nitrogens with one attached hydrogen (secondary N) is 2. The number of rotatable bonds is 4. The Labute approximate surface area is 108 Å². The van der Waals surface area contributed by atoms with Crippen LogP contribution in [0.3, 0.4) is 0 Å². The van der Waals surface area contributed by atoms with Gasteiger partial charge in [0, 0.05) is 25.1 Å². The Morgan fingerprint density at radius 2 is 2.28 bits per heavy atom. The van der Waals surface area contributed by atoms with Crippen LogP contribution in [0.2, 0.25) is 0 Å². The Hall–Kier alpha value is -2.02. The van der Waals surface area contributed by atoms with Crippen molar-refractivity contribution in [1.29, 1.82) is 0 Å². The van der Waals surface area contributed by atoms with E-state index in [9.17, 15) is 4.79 Å². The molecule has 2 rings (SSSR count). The molecule has 1 amide bonds. The molecule has 0 aliphatic carbocycles. The summed E-state index contributed by atoms with van der Waals surface area (Å²) in [6.07, 6.45) is 3.95. The minimum Gasteiger partial charge on any atom is -0.387 e. The Balaban J connectivity index is 2.16. The van der Waals surface area contributed by atoms with Crippen LogP contribution in [0.4, 0.5) is 10.8 Å². The molecular weight excluding hydrogens is 250 g/mol. The summed E-state index contributed by atoms with van der Waals surface area (Å²) in [6.45, 7) is 1.99. The minimum atomic E-state index is -0.244. The Morgan fingerprint density at radius 1 is 1.44 bits per heavy atom. The first-order valence-electron chi connectivity index (χ1n) is 5.50. The third kappa shape index (κ3) is 2.62. The molecule has 0 saturated heterocycles. The summed E-state index contributed by atoms with van der Waals surface area (Å²) >= 11 is 1.37. The van der Waals surface area contributed by atoms with E-state index in [4.69, 9.17) is 0 Å². The van der Waals surface area contributed by atoms with Gasteiger partial charge >= 0.3 is 0 Å². The highest BCUT2D eigenvalue weighted by atomic mass is 32.1. The van der Waals surface area contributed by atoms with Crippen molar-refractivity contribution in [3.8, 4) is 0 Å². The lowest BCUT2D eigenvalue weighted by Crippen LogP contribution is -2.14. The molecule has 0 bridgehead atoms. The van der Waals surface area contributed by atoms with Crippen LogP contribution in [0.25, 0.3) is 0 Å². The number of pyridine rings is 1. The lowest BCUT2D eigenvalue weighted by atomic mass is 10.2. The molecule has 2 heterocycles. The Bertz CT molecular complexity index is 554. The van der Waals surface area contributed by atoms with E-state index in [0.717, 1.165) is 17.1 Å². The first-order valence-corrected chi connectivity index (χ1v) is 6.31. The van der Waals surface area contributed by atoms with E-state index in [1.165, 1.54) is 17.5 Å². The fraction of sp³-hybridized carbons (Fsp3) is 0.273. The van der Waals surface area contributed by atoms with E-state index in [-0.39, 0.29) is 5.91 Å². The second kappa shape index (κ2) is 5.54. The number of hydrogen-bond donors (Lipinski definition) is 2. The molecule has 0 fully saturated rings. The minimum absolute atomic E-state index is 0.244. The normalized spacial score (nSPS) is 10.1. The van der Waals surface area contributed by atoms with Gasteiger partial charge in [-0.05, 0) is 12.5 Å². The number of amides is 1. The van der Waals surface area contributed by atoms with E-state index < -0.39 is 0 Å². The highest BCUT2D eigenvalue weighted by Gasteiger charge is 2.13. The molecule has 0 saturated carbocycles. The zero-order valence-electron chi connectivity index (χ0n) is 10.1. The first-order chi connectivity index (χ1) is 8.74. The number of carbonyl (C=O) groups excluding carboxylic acids is 1. The van der Waals surface area contributed by atoms with E-state index in [0.29, 0.717) is 10.7 Å². The molecule has 0 aromatic carbocycles. The van der Waals surface area contributed by atoms with Crippen LogP contribution in [0, 0.1) is 0 Å². The van der Waals surface area contributed by atoms with Gasteiger partial charge in [0.2, 0.25) is 5.13 Å². The maximum absolute atomic E-state index is 12.0. The summed E-state index contributed by atoms with van der Waals surface area (Å²) in [7, 11) is 1.76. The van der Waals surface area contributed by atoms with Gasteiger partial charge in [0.1, 0.15) is 5.01 Å². The number of nitrogens with zero attached hydrogens (tertiary/aromatic N) is 3. The maximum Gasteiger partial charge on any atom is 0.261 e. The van der Waals surface area contributed by atoms with E-state index >= 15 is 0 Å². The van der Waals surface area contributed by atoms with Gasteiger partial charge in [-0.25, -0.2) is 0 Å². The maximum atomic E-state index is 12.0. The smallest absolute Gasteiger partial charge is 0.261 e. The quantitative estimate of drug-likeness (QED) is 0.879. The number of aryl methyl sites for hydroxylation is 1. The van der Waals surface area contributed by atoms with Crippen molar-refractivity contribution < 1.29 is 4.79 Å². The van der Waals surface area contributed by atoms with E-state index in [2.05, 4.69) is 25.8 Å². The molecule has 2 aromatic rings. The zero-order chi connectivity index (χ0) is 13.0. The van der Waals surface area contributed by atoms with Crippen LogP contribution in [-0.4, -0.2) is 28.1 Å². The lowest BCUT2D eigenvalue weighted by molar-refractivity contribution is 0.102. The van der Waals surface area contributed by atoms with Gasteiger partial charge < -0.3 is 5.32 Å². The van der Waals surface area contributed by atoms with Crippen LogP contribution >= 0.6 is 11.3 Å². The van der Waals surface area contributed by atoms with Crippen molar-refractivity contribution >= 4 is 28.1 Å². The molecule has 18 heavy (non-hydrogen) atoms. The molecule has 0 radical (unpaired) electrons. The second-order valence-electron chi connectivity index (χ2n) is 3.48. The Kier molecular flexibility index (Phi) is 3.83. The number of anilines is 2. The third-order valence-corrected chi connectivity index (χ3v) is 3.31. The summed E-state index contributed by atoms with van der Waals surface area (Å²) in [4.78, 5) is 16.0. The molecule has 94 valence electrons. The van der Waals surface area contributed by atoms with Gasteiger partial charge in [0.05, 0.1) is 5.56 Å². The molecule has 6 nitrogen and oxygen atoms in total. The van der Waals surface area contributed by atoms with Crippen LogP contribution < -0.4 is 10.6 Å². The summed E-state index contributed by atoms with van der Waals surface area (Å²) in [6, 6.07) is 1.74. The van der Waals surface area contributed by atoms with Crippen molar-refractivity contribution in [3.05, 3.63) is 29.0 Å². The highest BCUT2D eigenvalue weighted by molar-refractivity contribution is 7.15. The lowest BCUT2D eigenvalue weighted by Gasteiger charge is -2.06. The van der Waals surface area contributed by atoms with E-state index in [1.54, 1.807) is 19.3 Å². The molecular formula is C11H13N5OS. The molecule has 0 atom stereocenters. The summed E-state index contributed by atoms with van der Waals surface area (Å²) < 4.78 is 0. The Morgan fingerprint density at radius 3 is 2.94 bits per heavy atom. The zero-order valence-corrected chi connectivity index (χ0v) is 10.9. The van der Waals surface area contributed by atoms with Gasteiger partial charge in [-0.2, -0.15) is 0 Å². The topological polar surface area (TPSA) is 79.8 Å². The van der Waals surface area contributed by atoms with Gasteiger partial charge in [-0.15, -0.1) is 10.2 Å². The second-order valence-corrected chi connectivity index (χ2v) is 4.54. The number of aromatic nitrogens is 3. The van der Waals surface area contributed by atoms with Crippen LogP contribution in [-0.2, 0) is 6.42 Å². The molecule has 0 aliphatic rings. The standard InChI is InChI=1S/C11H13N5OS/c1-3-9-15-16-11(18-9)14-10(17)7-6-13-5-4-8(7)12-2/h4-6H,3H2,1-2H3,(H,12,13)(H,14,16,17). The monoisotopic (exact) mass is 263 g/mol. The van der Waals surface area contributed by atoms with Crippen molar-refractivity contribution in [2.45, 2.75) is 13.3 Å². The fourth-order valence-electron chi connectivity index (χ4n) is 1.40. The predicted molar refractivity (Wildman–Crippen MR) is 71.0 cm³/mol. The highest BCUT2D eigenvalue weighted by Crippen LogP contribution is 2.18. The van der Waals surface area contributed by atoms with Gasteiger partial charge in [0.15, 0.2) is 0 Å². The average molecular weight is 263 g/mol. The molecule has 2 N–H and O–H groups in total. The van der Waals surface area contributed by atoms with Crippen molar-refractivity contribution in [3.63, 3.8) is 0 Å². The van der Waals surface area contributed by atoms with Crippen LogP contribution in [0.1, 0.15) is 22.3 Å². The number of carbonyl (C=O) groups is 1. The van der Waals surface area contributed by atoms with Crippen molar-refractivity contribution in [2.75, 3.05) is 17.7 Å². The summed E-state index contributed by atoms with van der Waals surface area (Å²) in [5.74, 6) is -0.244. The fourth-order valence-corrected chi connectivity index (χ4v) is 2.08. The molecule has 2 aromatic heterocycles. The predicted octanol–water partition coefficient (Wildman–Crippen LogP) is 1.79. The third-order valence-electron chi connectivity index (χ3n) is 2.32. The average Bonchev–Trinajstić information content (AvgIpc) is 2.86. The SMILES string of the molecule is CCc1nnc(NC(=O)c2cnccc2NC)s1. The molecule has 0 unspecified atom stereocenters. The van der Waals surface area contributed by atoms with Gasteiger partial charge in [-0.3, -0.25) is 15.1 Å². The first kappa shape index (κ1) is 12.4. The van der Waals surface area contributed by atoms with Gasteiger partial charge in [-0.1, -0.05) is 18.3 Å². The van der Waals surface area contributed by atoms with Crippen LogP contribution in [0.15, 0.2) is 18.5 Å². The molecule has 0 aliphatic heterocycles. The van der Waals surface area contributed by atoms with Gasteiger partial charge in [0.25, 0.3) is 5.91 Å². The van der Waals surface area contributed by atoms with Crippen molar-refractivity contribution in [1.82, 2.24) is 15.2 Å². The summed E-state index contributed by atoms with van der Waals surface area (Å²) in [5.41, 5.74) is 1.20.